The predicted octanol–water partition coefficient (Wildman–Crippen LogP) is 2.77. The third-order valence-corrected chi connectivity index (χ3v) is 7.17. The normalized spacial score (nSPS) is 15.9. The molecule has 146 valence electrons. The summed E-state index contributed by atoms with van der Waals surface area (Å²) < 4.78 is 28.3. The zero-order valence-corrected chi connectivity index (χ0v) is 18.1. The Morgan fingerprint density at radius 1 is 1.15 bits per heavy atom. The fraction of sp³-hybridized carbons (Fsp3) is 0.421. The van der Waals surface area contributed by atoms with Crippen molar-refractivity contribution in [3.63, 3.8) is 0 Å². The van der Waals surface area contributed by atoms with Crippen molar-refractivity contribution in [2.75, 3.05) is 37.6 Å². The van der Waals surface area contributed by atoms with Crippen molar-refractivity contribution in [1.29, 1.82) is 0 Å². The van der Waals surface area contributed by atoms with Crippen LogP contribution in [0.15, 0.2) is 45.9 Å². The fourth-order valence-electron chi connectivity index (χ4n) is 3.08. The number of aryl methyl sites for hydroxylation is 1. The second kappa shape index (κ2) is 8.68. The Labute approximate surface area is 169 Å². The number of pyridine rings is 1. The standard InChI is InChI=1S/C19H25BrN4O2S/c1-3-23-8-10-24(11-9-23)19-7-5-16(13-21-19)14-22-27(25,26)18-6-4-15(2)12-17(18)20/h4-7,12-13,22H,3,8-11,14H2,1-2H3. The molecule has 0 spiro atoms. The van der Waals surface area contributed by atoms with Crippen LogP contribution in [0.3, 0.4) is 0 Å². The lowest BCUT2D eigenvalue weighted by Crippen LogP contribution is -2.46. The molecule has 6 nitrogen and oxygen atoms in total. The van der Waals surface area contributed by atoms with Gasteiger partial charge in [-0.3, -0.25) is 0 Å². The summed E-state index contributed by atoms with van der Waals surface area (Å²) >= 11 is 3.33. The average Bonchev–Trinajstić information content (AvgIpc) is 2.67. The van der Waals surface area contributed by atoms with Gasteiger partial charge in [0.1, 0.15) is 5.82 Å². The van der Waals surface area contributed by atoms with Crippen molar-refractivity contribution in [3.05, 3.63) is 52.1 Å². The van der Waals surface area contributed by atoms with E-state index >= 15 is 0 Å². The van der Waals surface area contributed by atoms with Crippen molar-refractivity contribution < 1.29 is 8.42 Å². The summed E-state index contributed by atoms with van der Waals surface area (Å²) in [6.07, 6.45) is 1.74. The summed E-state index contributed by atoms with van der Waals surface area (Å²) in [5, 5.41) is 0. The highest BCUT2D eigenvalue weighted by molar-refractivity contribution is 9.10. The van der Waals surface area contributed by atoms with Crippen LogP contribution in [0.5, 0.6) is 0 Å². The smallest absolute Gasteiger partial charge is 0.241 e. The van der Waals surface area contributed by atoms with Gasteiger partial charge in [-0.1, -0.05) is 19.1 Å². The van der Waals surface area contributed by atoms with Crippen LogP contribution >= 0.6 is 15.9 Å². The van der Waals surface area contributed by atoms with Gasteiger partial charge in [0, 0.05) is 43.4 Å². The Hall–Kier alpha value is -1.48. The van der Waals surface area contributed by atoms with E-state index in [1.165, 1.54) is 0 Å². The molecule has 2 heterocycles. The second-order valence-corrected chi connectivity index (χ2v) is 9.29. The Bertz CT molecular complexity index is 879. The number of rotatable bonds is 6. The maximum absolute atomic E-state index is 12.5. The van der Waals surface area contributed by atoms with E-state index in [0.29, 0.717) is 4.47 Å². The third-order valence-electron chi connectivity index (χ3n) is 4.80. The second-order valence-electron chi connectivity index (χ2n) is 6.70. The zero-order valence-electron chi connectivity index (χ0n) is 15.7. The van der Waals surface area contributed by atoms with Crippen LogP contribution in [0.25, 0.3) is 0 Å². The van der Waals surface area contributed by atoms with Gasteiger partial charge in [0.25, 0.3) is 0 Å². The molecule has 0 unspecified atom stereocenters. The van der Waals surface area contributed by atoms with Crippen LogP contribution < -0.4 is 9.62 Å². The van der Waals surface area contributed by atoms with E-state index in [9.17, 15) is 8.42 Å². The van der Waals surface area contributed by atoms with Crippen LogP contribution in [0.2, 0.25) is 0 Å². The molecule has 1 fully saturated rings. The van der Waals surface area contributed by atoms with E-state index in [1.807, 2.05) is 19.1 Å². The van der Waals surface area contributed by atoms with Gasteiger partial charge in [-0.25, -0.2) is 18.1 Å². The minimum absolute atomic E-state index is 0.208. The first kappa shape index (κ1) is 20.3. The minimum atomic E-state index is -3.59. The molecule has 3 rings (SSSR count). The third kappa shape index (κ3) is 5.07. The van der Waals surface area contributed by atoms with Gasteiger partial charge >= 0.3 is 0 Å². The summed E-state index contributed by atoms with van der Waals surface area (Å²) in [7, 11) is -3.59. The van der Waals surface area contributed by atoms with Crippen LogP contribution in [-0.2, 0) is 16.6 Å². The number of sulfonamides is 1. The van der Waals surface area contributed by atoms with Crippen molar-refractivity contribution in [1.82, 2.24) is 14.6 Å². The Morgan fingerprint density at radius 2 is 1.89 bits per heavy atom. The van der Waals surface area contributed by atoms with E-state index in [1.54, 1.807) is 24.4 Å². The first-order chi connectivity index (χ1) is 12.9. The number of likely N-dealkylation sites (N-methyl/N-ethyl adjacent to an activating group) is 1. The Kier molecular flexibility index (Phi) is 6.52. The molecule has 0 radical (unpaired) electrons. The lowest BCUT2D eigenvalue weighted by atomic mass is 10.2. The van der Waals surface area contributed by atoms with Crippen molar-refractivity contribution >= 4 is 31.8 Å². The first-order valence-corrected chi connectivity index (χ1v) is 11.3. The van der Waals surface area contributed by atoms with Gasteiger partial charge in [0.2, 0.25) is 10.0 Å². The molecular weight excluding hydrogens is 428 g/mol. The van der Waals surface area contributed by atoms with Crippen LogP contribution in [-0.4, -0.2) is 51.0 Å². The van der Waals surface area contributed by atoms with E-state index in [2.05, 4.69) is 42.4 Å². The molecule has 0 bridgehead atoms. The molecule has 1 aromatic heterocycles. The minimum Gasteiger partial charge on any atom is -0.354 e. The average molecular weight is 453 g/mol. The molecule has 27 heavy (non-hydrogen) atoms. The predicted molar refractivity (Wildman–Crippen MR) is 111 cm³/mol. The number of hydrogen-bond acceptors (Lipinski definition) is 5. The van der Waals surface area contributed by atoms with Gasteiger partial charge in [0.15, 0.2) is 0 Å². The number of aromatic nitrogens is 1. The van der Waals surface area contributed by atoms with Gasteiger partial charge in [-0.2, -0.15) is 0 Å². The summed E-state index contributed by atoms with van der Waals surface area (Å²) in [6.45, 7) is 9.42. The van der Waals surface area contributed by atoms with Gasteiger partial charge in [0.05, 0.1) is 4.90 Å². The molecule has 1 saturated heterocycles. The SMILES string of the molecule is CCN1CCN(c2ccc(CNS(=O)(=O)c3ccc(C)cc3Br)cn2)CC1. The highest BCUT2D eigenvalue weighted by atomic mass is 79.9. The maximum Gasteiger partial charge on any atom is 0.241 e. The molecule has 0 saturated carbocycles. The van der Waals surface area contributed by atoms with Crippen molar-refractivity contribution in [2.45, 2.75) is 25.3 Å². The molecular formula is C19H25BrN4O2S. The molecule has 1 aliphatic rings. The number of piperazine rings is 1. The van der Waals surface area contributed by atoms with Gasteiger partial charge in [-0.05, 0) is 58.7 Å². The number of benzene rings is 1. The molecule has 1 N–H and O–H groups in total. The fourth-order valence-corrected chi connectivity index (χ4v) is 5.29. The molecule has 0 aliphatic carbocycles. The lowest BCUT2D eigenvalue weighted by Gasteiger charge is -2.34. The highest BCUT2D eigenvalue weighted by Crippen LogP contribution is 2.23. The Balaban J connectivity index is 1.61. The van der Waals surface area contributed by atoms with Crippen LogP contribution in [0, 0.1) is 6.92 Å². The van der Waals surface area contributed by atoms with Gasteiger partial charge in [-0.15, -0.1) is 0 Å². The molecule has 1 aromatic carbocycles. The van der Waals surface area contributed by atoms with Crippen LogP contribution in [0.4, 0.5) is 5.82 Å². The van der Waals surface area contributed by atoms with Crippen LogP contribution in [0.1, 0.15) is 18.1 Å². The van der Waals surface area contributed by atoms with E-state index < -0.39 is 10.0 Å². The quantitative estimate of drug-likeness (QED) is 0.729. The number of nitrogens with zero attached hydrogens (tertiary/aromatic N) is 3. The summed E-state index contributed by atoms with van der Waals surface area (Å²) in [5.41, 5.74) is 1.83. The summed E-state index contributed by atoms with van der Waals surface area (Å²) in [4.78, 5) is 9.45. The number of halogens is 1. The topological polar surface area (TPSA) is 65.5 Å². The number of hydrogen-bond donors (Lipinski definition) is 1. The Morgan fingerprint density at radius 3 is 2.48 bits per heavy atom. The molecule has 1 aliphatic heterocycles. The van der Waals surface area contributed by atoms with E-state index in [0.717, 1.165) is 49.7 Å². The highest BCUT2D eigenvalue weighted by Gasteiger charge is 2.18. The number of anilines is 1. The lowest BCUT2D eigenvalue weighted by molar-refractivity contribution is 0.270. The van der Waals surface area contributed by atoms with Crippen molar-refractivity contribution in [3.8, 4) is 0 Å². The maximum atomic E-state index is 12.5. The van der Waals surface area contributed by atoms with E-state index in [-0.39, 0.29) is 11.4 Å². The molecule has 0 amide bonds. The summed E-state index contributed by atoms with van der Waals surface area (Å²) in [6, 6.07) is 9.09. The van der Waals surface area contributed by atoms with Crippen molar-refractivity contribution in [2.24, 2.45) is 0 Å². The van der Waals surface area contributed by atoms with E-state index in [4.69, 9.17) is 0 Å². The number of nitrogens with one attached hydrogen (secondary N) is 1. The molecule has 0 atom stereocenters. The molecule has 8 heteroatoms. The summed E-state index contributed by atoms with van der Waals surface area (Å²) in [5.74, 6) is 0.943. The molecule has 2 aromatic rings. The van der Waals surface area contributed by atoms with Gasteiger partial charge < -0.3 is 9.80 Å². The first-order valence-electron chi connectivity index (χ1n) is 9.07. The largest absolute Gasteiger partial charge is 0.354 e. The monoisotopic (exact) mass is 452 g/mol. The zero-order chi connectivity index (χ0) is 19.4.